The Hall–Kier alpha value is -0.690. The van der Waals surface area contributed by atoms with Crippen LogP contribution in [-0.2, 0) is 4.79 Å². The number of nitrogens with zero attached hydrogens (tertiary/aromatic N) is 1. The standard InChI is InChI=1S/C11H22N2O4/c14-3-1-12-10-5-9(6-11(16)17)7-13(8-10)2-4-15/h9-10,12,14-15H,1-8H2,(H,16,17). The molecule has 1 aliphatic heterocycles. The van der Waals surface area contributed by atoms with Crippen molar-refractivity contribution in [3.63, 3.8) is 0 Å². The van der Waals surface area contributed by atoms with Gasteiger partial charge in [0.1, 0.15) is 0 Å². The zero-order chi connectivity index (χ0) is 12.7. The summed E-state index contributed by atoms with van der Waals surface area (Å²) in [7, 11) is 0. The minimum atomic E-state index is -0.776. The summed E-state index contributed by atoms with van der Waals surface area (Å²) in [5, 5.41) is 29.7. The van der Waals surface area contributed by atoms with E-state index in [1.54, 1.807) is 0 Å². The van der Waals surface area contributed by atoms with Crippen molar-refractivity contribution in [2.45, 2.75) is 18.9 Å². The number of aliphatic hydroxyl groups is 2. The van der Waals surface area contributed by atoms with E-state index >= 15 is 0 Å². The molecule has 0 aromatic heterocycles. The Labute approximate surface area is 101 Å². The second-order valence-electron chi connectivity index (χ2n) is 4.56. The predicted molar refractivity (Wildman–Crippen MR) is 62.8 cm³/mol. The molecule has 1 fully saturated rings. The van der Waals surface area contributed by atoms with Crippen LogP contribution in [0.25, 0.3) is 0 Å². The first-order valence-corrected chi connectivity index (χ1v) is 6.05. The smallest absolute Gasteiger partial charge is 0.303 e. The largest absolute Gasteiger partial charge is 0.481 e. The van der Waals surface area contributed by atoms with Crippen molar-refractivity contribution in [3.05, 3.63) is 0 Å². The number of β-amino-alcohol motifs (C(OH)–C–C–N with tert-alkyl or cyclic N) is 1. The molecule has 4 N–H and O–H groups in total. The molecule has 1 saturated heterocycles. The van der Waals surface area contributed by atoms with Gasteiger partial charge in [0.15, 0.2) is 0 Å². The van der Waals surface area contributed by atoms with Gasteiger partial charge in [0, 0.05) is 38.6 Å². The number of piperidine rings is 1. The van der Waals surface area contributed by atoms with Crippen LogP contribution in [0.3, 0.4) is 0 Å². The summed E-state index contributed by atoms with van der Waals surface area (Å²) in [5.74, 6) is -0.661. The fraction of sp³-hybridized carbons (Fsp3) is 0.909. The summed E-state index contributed by atoms with van der Waals surface area (Å²) in [4.78, 5) is 12.8. The average molecular weight is 246 g/mol. The molecule has 0 aromatic rings. The fourth-order valence-corrected chi connectivity index (χ4v) is 2.44. The number of hydrogen-bond acceptors (Lipinski definition) is 5. The van der Waals surface area contributed by atoms with Crippen LogP contribution in [0.15, 0.2) is 0 Å². The number of nitrogens with one attached hydrogen (secondary N) is 1. The van der Waals surface area contributed by atoms with E-state index in [9.17, 15) is 4.79 Å². The molecule has 6 heteroatoms. The highest BCUT2D eigenvalue weighted by Crippen LogP contribution is 2.19. The molecule has 0 aliphatic carbocycles. The van der Waals surface area contributed by atoms with Gasteiger partial charge in [0.25, 0.3) is 0 Å². The quantitative estimate of drug-likeness (QED) is 0.447. The van der Waals surface area contributed by atoms with Crippen LogP contribution >= 0.6 is 0 Å². The Morgan fingerprint density at radius 3 is 2.65 bits per heavy atom. The molecule has 100 valence electrons. The van der Waals surface area contributed by atoms with Gasteiger partial charge in [0.2, 0.25) is 0 Å². The second-order valence-corrected chi connectivity index (χ2v) is 4.56. The maximum absolute atomic E-state index is 10.7. The zero-order valence-electron chi connectivity index (χ0n) is 10.0. The third-order valence-electron chi connectivity index (χ3n) is 3.04. The molecule has 1 aliphatic rings. The van der Waals surface area contributed by atoms with Crippen LogP contribution in [0.2, 0.25) is 0 Å². The van der Waals surface area contributed by atoms with Crippen LogP contribution in [-0.4, -0.2) is 71.6 Å². The van der Waals surface area contributed by atoms with Crippen LogP contribution in [0.5, 0.6) is 0 Å². The molecule has 0 saturated carbocycles. The number of likely N-dealkylation sites (tertiary alicyclic amines) is 1. The van der Waals surface area contributed by atoms with Gasteiger partial charge >= 0.3 is 5.97 Å². The molecule has 0 radical (unpaired) electrons. The molecule has 6 nitrogen and oxygen atoms in total. The van der Waals surface area contributed by atoms with E-state index in [1.807, 2.05) is 0 Å². The Kier molecular flexibility index (Phi) is 6.43. The van der Waals surface area contributed by atoms with E-state index in [0.29, 0.717) is 13.1 Å². The summed E-state index contributed by atoms with van der Waals surface area (Å²) in [6.07, 6.45) is 0.980. The topological polar surface area (TPSA) is 93.0 Å². The lowest BCUT2D eigenvalue weighted by atomic mass is 9.91. The number of carboxylic acid groups (broad SMARTS) is 1. The molecule has 0 spiro atoms. The number of carbonyl (C=O) groups is 1. The minimum absolute atomic E-state index is 0.0834. The molecule has 2 unspecified atom stereocenters. The van der Waals surface area contributed by atoms with Gasteiger partial charge < -0.3 is 20.6 Å². The third kappa shape index (κ3) is 5.45. The summed E-state index contributed by atoms with van der Waals surface area (Å²) >= 11 is 0. The molecule has 2 atom stereocenters. The van der Waals surface area contributed by atoms with E-state index in [-0.39, 0.29) is 31.6 Å². The van der Waals surface area contributed by atoms with Crippen molar-refractivity contribution in [2.24, 2.45) is 5.92 Å². The summed E-state index contributed by atoms with van der Waals surface area (Å²) < 4.78 is 0. The van der Waals surface area contributed by atoms with Crippen molar-refractivity contribution < 1.29 is 20.1 Å². The maximum Gasteiger partial charge on any atom is 0.303 e. The monoisotopic (exact) mass is 246 g/mol. The van der Waals surface area contributed by atoms with E-state index < -0.39 is 5.97 Å². The van der Waals surface area contributed by atoms with Crippen LogP contribution < -0.4 is 5.32 Å². The highest BCUT2D eigenvalue weighted by molar-refractivity contribution is 5.67. The lowest BCUT2D eigenvalue weighted by Gasteiger charge is -2.37. The number of carboxylic acids is 1. The Bertz CT molecular complexity index is 238. The van der Waals surface area contributed by atoms with Gasteiger partial charge in [-0.2, -0.15) is 0 Å². The van der Waals surface area contributed by atoms with E-state index in [1.165, 1.54) is 0 Å². The fourth-order valence-electron chi connectivity index (χ4n) is 2.44. The van der Waals surface area contributed by atoms with Gasteiger partial charge in [0.05, 0.1) is 13.2 Å². The molecule has 1 rings (SSSR count). The van der Waals surface area contributed by atoms with E-state index in [0.717, 1.165) is 19.5 Å². The normalized spacial score (nSPS) is 26.0. The molecule has 0 aromatic carbocycles. The van der Waals surface area contributed by atoms with Gasteiger partial charge in [-0.25, -0.2) is 0 Å². The van der Waals surface area contributed by atoms with Crippen molar-refractivity contribution in [2.75, 3.05) is 39.4 Å². The Morgan fingerprint density at radius 1 is 1.29 bits per heavy atom. The van der Waals surface area contributed by atoms with Crippen molar-refractivity contribution >= 4 is 5.97 Å². The molecular formula is C11H22N2O4. The minimum Gasteiger partial charge on any atom is -0.481 e. The van der Waals surface area contributed by atoms with E-state index in [2.05, 4.69) is 10.2 Å². The highest BCUT2D eigenvalue weighted by Gasteiger charge is 2.27. The third-order valence-corrected chi connectivity index (χ3v) is 3.04. The van der Waals surface area contributed by atoms with Gasteiger partial charge in [-0.05, 0) is 12.3 Å². The lowest BCUT2D eigenvalue weighted by molar-refractivity contribution is -0.138. The van der Waals surface area contributed by atoms with Gasteiger partial charge in [-0.3, -0.25) is 9.69 Å². The lowest BCUT2D eigenvalue weighted by Crippen LogP contribution is -2.50. The Balaban J connectivity index is 2.46. The number of aliphatic hydroxyl groups excluding tert-OH is 2. The van der Waals surface area contributed by atoms with Crippen molar-refractivity contribution in [3.8, 4) is 0 Å². The van der Waals surface area contributed by atoms with Gasteiger partial charge in [-0.1, -0.05) is 0 Å². The predicted octanol–water partition coefficient (Wildman–Crippen LogP) is -1.27. The summed E-state index contributed by atoms with van der Waals surface area (Å²) in [5.41, 5.74) is 0. The average Bonchev–Trinajstić information content (AvgIpc) is 2.25. The first-order valence-electron chi connectivity index (χ1n) is 6.05. The second kappa shape index (κ2) is 7.60. The number of hydrogen-bond donors (Lipinski definition) is 4. The van der Waals surface area contributed by atoms with Crippen LogP contribution in [0, 0.1) is 5.92 Å². The van der Waals surface area contributed by atoms with Crippen molar-refractivity contribution in [1.29, 1.82) is 0 Å². The SMILES string of the molecule is O=C(O)CC1CC(NCCO)CN(CCO)C1. The summed E-state index contributed by atoms with van der Waals surface area (Å²) in [6.45, 7) is 2.80. The molecule has 1 heterocycles. The number of aliphatic carboxylic acids is 1. The molecule has 0 amide bonds. The number of rotatable bonds is 7. The molecule has 0 bridgehead atoms. The van der Waals surface area contributed by atoms with Crippen LogP contribution in [0.4, 0.5) is 0 Å². The molecular weight excluding hydrogens is 224 g/mol. The molecule has 17 heavy (non-hydrogen) atoms. The van der Waals surface area contributed by atoms with Crippen LogP contribution in [0.1, 0.15) is 12.8 Å². The maximum atomic E-state index is 10.7. The van der Waals surface area contributed by atoms with Gasteiger partial charge in [-0.15, -0.1) is 0 Å². The first-order chi connectivity index (χ1) is 8.15. The first kappa shape index (κ1) is 14.4. The highest BCUT2D eigenvalue weighted by atomic mass is 16.4. The van der Waals surface area contributed by atoms with Crippen molar-refractivity contribution in [1.82, 2.24) is 10.2 Å². The Morgan fingerprint density at radius 2 is 2.06 bits per heavy atom. The zero-order valence-corrected chi connectivity index (χ0v) is 10.0. The van der Waals surface area contributed by atoms with E-state index in [4.69, 9.17) is 15.3 Å². The summed E-state index contributed by atoms with van der Waals surface area (Å²) in [6, 6.07) is 0.201.